The Bertz CT molecular complexity index is 406. The molecule has 1 rings (SSSR count). The van der Waals surface area contributed by atoms with E-state index in [1.807, 2.05) is 0 Å². The molecule has 14 heteroatoms. The van der Waals surface area contributed by atoms with E-state index in [2.05, 4.69) is 9.47 Å². The molecular weight excluding hydrogens is 346 g/mol. The van der Waals surface area contributed by atoms with Crippen molar-refractivity contribution >= 4 is 57.4 Å². The normalized spacial score (nSPS) is 33.6. The third kappa shape index (κ3) is 2.70. The average molecular weight is 348 g/mol. The van der Waals surface area contributed by atoms with Crippen molar-refractivity contribution in [2.24, 2.45) is 0 Å². The second kappa shape index (κ2) is 5.24. The number of ether oxygens (including phenoxy) is 2. The van der Waals surface area contributed by atoms with Crippen LogP contribution in [0.1, 0.15) is 0 Å². The van der Waals surface area contributed by atoms with Gasteiger partial charge in [-0.1, -0.05) is 0 Å². The van der Waals surface area contributed by atoms with E-state index in [9.17, 15) is 44.3 Å². The molecule has 114 valence electrons. The zero-order valence-electron chi connectivity index (χ0n) is 8.07. The summed E-state index contributed by atoms with van der Waals surface area (Å²) < 4.78 is 116. The first-order valence-corrected chi connectivity index (χ1v) is 3.95. The van der Waals surface area contributed by atoms with Gasteiger partial charge in [0.15, 0.2) is 0 Å². The van der Waals surface area contributed by atoms with Crippen LogP contribution in [0.4, 0.5) is 39.5 Å². The number of carbonyl (C=O) groups is 1. The summed E-state index contributed by atoms with van der Waals surface area (Å²) in [5, 5.41) is 8.09. The molecule has 1 fully saturated rings. The Kier molecular flexibility index (Phi) is 5.34. The molecule has 0 radical (unpaired) electrons. The van der Waals surface area contributed by atoms with E-state index >= 15 is 0 Å². The first-order chi connectivity index (χ1) is 8.11. The minimum atomic E-state index is -6.67. The fraction of sp³-hybridized carbons (Fsp3) is 0.833. The topological polar surface area (TPSA) is 55.8 Å². The molecule has 0 aromatic rings. The van der Waals surface area contributed by atoms with Gasteiger partial charge >= 0.3 is 87.5 Å². The first-order valence-electron chi connectivity index (χ1n) is 3.95. The van der Waals surface area contributed by atoms with Gasteiger partial charge in [0.25, 0.3) is 0 Å². The van der Waals surface area contributed by atoms with Gasteiger partial charge in [-0.3, -0.25) is 9.47 Å². The average Bonchev–Trinajstić information content (AvgIpc) is 2.34. The molecule has 1 heterocycles. The van der Waals surface area contributed by atoms with Crippen LogP contribution < -0.4 is 0 Å². The van der Waals surface area contributed by atoms with Crippen molar-refractivity contribution in [3.05, 3.63) is 0 Å². The van der Waals surface area contributed by atoms with Gasteiger partial charge in [-0.25, -0.2) is 4.79 Å². The van der Waals surface area contributed by atoms with Gasteiger partial charge in [-0.2, -0.15) is 39.5 Å². The molecule has 0 spiro atoms. The predicted molar refractivity (Wildman–Crippen MR) is 40.6 cm³/mol. The summed E-state index contributed by atoms with van der Waals surface area (Å²) in [6, 6.07) is 0. The number of hydrogen-bond acceptors (Lipinski definition) is 3. The molecule has 0 aromatic heterocycles. The van der Waals surface area contributed by atoms with Gasteiger partial charge in [-0.05, 0) is 0 Å². The second-order valence-electron chi connectivity index (χ2n) is 3.23. The second-order valence-corrected chi connectivity index (χ2v) is 3.23. The van der Waals surface area contributed by atoms with E-state index in [1.54, 1.807) is 0 Å². The van der Waals surface area contributed by atoms with Crippen LogP contribution in [-0.2, 0) is 14.3 Å². The Morgan fingerprint density at radius 2 is 1.30 bits per heavy atom. The van der Waals surface area contributed by atoms with Crippen LogP contribution in [0.15, 0.2) is 0 Å². The van der Waals surface area contributed by atoms with Gasteiger partial charge in [0.1, 0.15) is 0 Å². The summed E-state index contributed by atoms with van der Waals surface area (Å²) in [5.41, 5.74) is 0. The van der Waals surface area contributed by atoms with Crippen molar-refractivity contribution in [1.29, 1.82) is 0 Å². The molecule has 0 saturated carbocycles. The van der Waals surface area contributed by atoms with Crippen molar-refractivity contribution in [2.75, 3.05) is 0 Å². The third-order valence-corrected chi connectivity index (χ3v) is 1.95. The Hall–Kier alpha value is 0.396. The van der Waals surface area contributed by atoms with Crippen molar-refractivity contribution in [3.63, 3.8) is 0 Å². The molecular formula is C6H2F9KO4. The van der Waals surface area contributed by atoms with Gasteiger partial charge < -0.3 is 5.11 Å². The van der Waals surface area contributed by atoms with E-state index in [0.29, 0.717) is 0 Å². The van der Waals surface area contributed by atoms with Crippen molar-refractivity contribution < 1.29 is 58.9 Å². The van der Waals surface area contributed by atoms with E-state index in [4.69, 9.17) is 5.11 Å². The standard InChI is InChI=1S/C6HF9O4.K.H/c7-3(5(11,12)13)6(14,15)19-2(18-3,1(16)17)4(8,9)10;;/h(H,16,17);;. The molecule has 4 nitrogen and oxygen atoms in total. The third-order valence-electron chi connectivity index (χ3n) is 1.95. The summed E-state index contributed by atoms with van der Waals surface area (Å²) in [6.07, 6.45) is -19.3. The van der Waals surface area contributed by atoms with Crippen LogP contribution in [0.25, 0.3) is 0 Å². The van der Waals surface area contributed by atoms with E-state index in [1.165, 1.54) is 0 Å². The molecule has 20 heavy (non-hydrogen) atoms. The number of hydrogen-bond donors (Lipinski definition) is 1. The van der Waals surface area contributed by atoms with Crippen molar-refractivity contribution in [3.8, 4) is 0 Å². The molecule has 1 N–H and O–H groups in total. The van der Waals surface area contributed by atoms with Crippen LogP contribution in [0, 0.1) is 0 Å². The van der Waals surface area contributed by atoms with Crippen LogP contribution in [0.2, 0.25) is 0 Å². The molecule has 1 aliphatic rings. The molecule has 2 unspecified atom stereocenters. The van der Waals surface area contributed by atoms with E-state index < -0.39 is 36.1 Å². The zero-order chi connectivity index (χ0) is 15.5. The molecule has 1 aliphatic heterocycles. The summed E-state index contributed by atoms with van der Waals surface area (Å²) in [4.78, 5) is 10.2. The predicted octanol–water partition coefficient (Wildman–Crippen LogP) is 1.55. The van der Waals surface area contributed by atoms with E-state index in [-0.39, 0.29) is 51.4 Å². The molecule has 2 atom stereocenters. The van der Waals surface area contributed by atoms with Crippen LogP contribution in [0.3, 0.4) is 0 Å². The maximum absolute atomic E-state index is 13.0. The summed E-state index contributed by atoms with van der Waals surface area (Å²) in [5.74, 6) is -15.1. The van der Waals surface area contributed by atoms with Crippen molar-refractivity contribution in [2.45, 2.75) is 30.1 Å². The van der Waals surface area contributed by atoms with Crippen LogP contribution >= 0.6 is 0 Å². The van der Waals surface area contributed by atoms with E-state index in [0.717, 1.165) is 0 Å². The molecule has 0 amide bonds. The number of rotatable bonds is 1. The molecule has 0 aromatic carbocycles. The number of halogens is 9. The molecule has 1 saturated heterocycles. The Morgan fingerprint density at radius 1 is 0.900 bits per heavy atom. The number of aliphatic carboxylic acids is 1. The summed E-state index contributed by atoms with van der Waals surface area (Å²) >= 11 is 0. The Labute approximate surface area is 145 Å². The minimum absolute atomic E-state index is 0. The molecule has 0 aliphatic carbocycles. The van der Waals surface area contributed by atoms with Gasteiger partial charge in [0.2, 0.25) is 0 Å². The Balaban J connectivity index is 0.00000361. The van der Waals surface area contributed by atoms with Crippen LogP contribution in [0.5, 0.6) is 0 Å². The zero-order valence-corrected chi connectivity index (χ0v) is 8.07. The summed E-state index contributed by atoms with van der Waals surface area (Å²) in [6.45, 7) is 0. The van der Waals surface area contributed by atoms with Gasteiger partial charge in [0.05, 0.1) is 0 Å². The monoisotopic (exact) mass is 348 g/mol. The number of carboxylic acid groups (broad SMARTS) is 1. The fourth-order valence-electron chi connectivity index (χ4n) is 1.07. The fourth-order valence-corrected chi connectivity index (χ4v) is 1.07. The summed E-state index contributed by atoms with van der Waals surface area (Å²) in [7, 11) is 0. The first kappa shape index (κ1) is 20.4. The number of alkyl halides is 9. The maximum atomic E-state index is 13.0. The van der Waals surface area contributed by atoms with Crippen LogP contribution in [-0.4, -0.2) is 92.6 Å². The van der Waals surface area contributed by atoms with Gasteiger partial charge in [-0.15, -0.1) is 0 Å². The molecule has 0 bridgehead atoms. The van der Waals surface area contributed by atoms with Crippen molar-refractivity contribution in [1.82, 2.24) is 0 Å². The Morgan fingerprint density at radius 3 is 1.45 bits per heavy atom. The van der Waals surface area contributed by atoms with Gasteiger partial charge in [0, 0.05) is 0 Å². The quantitative estimate of drug-likeness (QED) is 0.577. The number of carboxylic acids is 1. The SMILES string of the molecule is O=C(O)C1(C(F)(F)F)OC(F)(F)C(F)(C(F)(F)F)O1.[KH].